The van der Waals surface area contributed by atoms with Crippen molar-refractivity contribution in [1.29, 1.82) is 0 Å². The van der Waals surface area contributed by atoms with E-state index in [0.717, 1.165) is 24.1 Å². The van der Waals surface area contributed by atoms with E-state index in [1.807, 2.05) is 37.3 Å². The molecule has 0 aliphatic heterocycles. The molecule has 0 unspecified atom stereocenters. The Morgan fingerprint density at radius 2 is 1.50 bits per heavy atom. The number of sulfonamides is 1. The molecule has 0 heterocycles. The van der Waals surface area contributed by atoms with Gasteiger partial charge in [0.15, 0.2) is 6.61 Å². The second-order valence-electron chi connectivity index (χ2n) is 9.85. The van der Waals surface area contributed by atoms with Crippen molar-refractivity contribution in [2.45, 2.75) is 30.8 Å². The lowest BCUT2D eigenvalue weighted by Crippen LogP contribution is -2.45. The van der Waals surface area contributed by atoms with Crippen LogP contribution in [-0.2, 0) is 26.2 Å². The zero-order valence-corrected chi connectivity index (χ0v) is 25.2. The summed E-state index contributed by atoms with van der Waals surface area (Å²) in [6, 6.07) is 25.8. The SMILES string of the molecule is CCCNC(=O)[C@@H](c1ccccc1)N(Cc1ccc(OC)cc1)C(=O)COc1ccc(S(=O)(=O)Nc2ccc(F)cc2)cc1. The minimum Gasteiger partial charge on any atom is -0.497 e. The summed E-state index contributed by atoms with van der Waals surface area (Å²) in [6.45, 7) is 2.12. The number of carbonyl (C=O) groups excluding carboxylic acids is 2. The molecule has 0 aliphatic rings. The van der Waals surface area contributed by atoms with E-state index < -0.39 is 34.4 Å². The van der Waals surface area contributed by atoms with Gasteiger partial charge >= 0.3 is 0 Å². The summed E-state index contributed by atoms with van der Waals surface area (Å²) in [6.07, 6.45) is 0.730. The molecule has 44 heavy (non-hydrogen) atoms. The van der Waals surface area contributed by atoms with Crippen LogP contribution in [0.25, 0.3) is 0 Å². The summed E-state index contributed by atoms with van der Waals surface area (Å²) in [4.78, 5) is 28.6. The second-order valence-corrected chi connectivity index (χ2v) is 11.5. The van der Waals surface area contributed by atoms with E-state index in [9.17, 15) is 22.4 Å². The highest BCUT2D eigenvalue weighted by Gasteiger charge is 2.31. The van der Waals surface area contributed by atoms with Gasteiger partial charge in [0.1, 0.15) is 23.4 Å². The molecule has 0 aromatic heterocycles. The topological polar surface area (TPSA) is 114 Å². The fourth-order valence-electron chi connectivity index (χ4n) is 4.38. The van der Waals surface area contributed by atoms with Crippen LogP contribution in [0.1, 0.15) is 30.5 Å². The van der Waals surface area contributed by atoms with Crippen molar-refractivity contribution in [2.24, 2.45) is 0 Å². The van der Waals surface area contributed by atoms with Crippen LogP contribution in [0.15, 0.2) is 108 Å². The van der Waals surface area contributed by atoms with Gasteiger partial charge in [-0.3, -0.25) is 14.3 Å². The van der Waals surface area contributed by atoms with Crippen LogP contribution >= 0.6 is 0 Å². The van der Waals surface area contributed by atoms with E-state index in [2.05, 4.69) is 10.0 Å². The number of amides is 2. The molecule has 0 saturated carbocycles. The van der Waals surface area contributed by atoms with Crippen molar-refractivity contribution in [1.82, 2.24) is 10.2 Å². The summed E-state index contributed by atoms with van der Waals surface area (Å²) in [5.74, 6) is -0.328. The Kier molecular flexibility index (Phi) is 10.9. The van der Waals surface area contributed by atoms with Gasteiger partial charge in [-0.2, -0.15) is 0 Å². The molecule has 9 nitrogen and oxygen atoms in total. The molecular formula is C33H34FN3O6S. The van der Waals surface area contributed by atoms with Crippen molar-refractivity contribution in [3.05, 3.63) is 120 Å². The van der Waals surface area contributed by atoms with Gasteiger partial charge in [0.05, 0.1) is 12.0 Å². The van der Waals surface area contributed by atoms with E-state index in [-0.39, 0.29) is 28.8 Å². The van der Waals surface area contributed by atoms with Crippen molar-refractivity contribution >= 4 is 27.5 Å². The average Bonchev–Trinajstić information content (AvgIpc) is 3.04. The zero-order chi connectivity index (χ0) is 31.5. The molecule has 230 valence electrons. The Bertz CT molecular complexity index is 1630. The number of carbonyl (C=O) groups is 2. The molecular weight excluding hydrogens is 585 g/mol. The van der Waals surface area contributed by atoms with Crippen molar-refractivity contribution in [3.8, 4) is 11.5 Å². The molecule has 4 rings (SSSR count). The standard InChI is InChI=1S/C33H34FN3O6S/c1-3-21-35-33(39)32(25-7-5-4-6-8-25)37(22-24-9-15-28(42-2)16-10-24)31(38)23-43-29-17-19-30(20-18-29)44(40,41)36-27-13-11-26(34)12-14-27/h4-20,32,36H,3,21-23H2,1-2H3,(H,35,39)/t32-/m1/s1. The molecule has 0 spiro atoms. The minimum atomic E-state index is -3.94. The predicted octanol–water partition coefficient (Wildman–Crippen LogP) is 5.31. The number of hydrogen-bond donors (Lipinski definition) is 2. The highest BCUT2D eigenvalue weighted by Crippen LogP contribution is 2.26. The fraction of sp³-hybridized carbons (Fsp3) is 0.212. The third-order valence-corrected chi connectivity index (χ3v) is 8.05. The number of nitrogens with zero attached hydrogens (tertiary/aromatic N) is 1. The molecule has 11 heteroatoms. The lowest BCUT2D eigenvalue weighted by Gasteiger charge is -2.31. The largest absolute Gasteiger partial charge is 0.497 e. The first kappa shape index (κ1) is 32.0. The molecule has 2 amide bonds. The highest BCUT2D eigenvalue weighted by atomic mass is 32.2. The Hall–Kier alpha value is -4.90. The van der Waals surface area contributed by atoms with E-state index in [4.69, 9.17) is 9.47 Å². The van der Waals surface area contributed by atoms with Crippen LogP contribution < -0.4 is 19.5 Å². The summed E-state index contributed by atoms with van der Waals surface area (Å²) >= 11 is 0. The Morgan fingerprint density at radius 3 is 2.11 bits per heavy atom. The van der Waals surface area contributed by atoms with Crippen LogP contribution in [0.2, 0.25) is 0 Å². The van der Waals surface area contributed by atoms with Gasteiger partial charge in [-0.1, -0.05) is 49.4 Å². The Labute approximate surface area is 256 Å². The maximum atomic E-state index is 13.8. The average molecular weight is 620 g/mol. The third kappa shape index (κ3) is 8.57. The van der Waals surface area contributed by atoms with Gasteiger partial charge in [0.25, 0.3) is 15.9 Å². The Balaban J connectivity index is 1.54. The molecule has 4 aromatic rings. The van der Waals surface area contributed by atoms with E-state index in [1.165, 1.54) is 41.3 Å². The minimum absolute atomic E-state index is 0.0432. The molecule has 1 atom stereocenters. The van der Waals surface area contributed by atoms with Crippen LogP contribution in [0, 0.1) is 5.82 Å². The third-order valence-electron chi connectivity index (χ3n) is 6.65. The lowest BCUT2D eigenvalue weighted by atomic mass is 10.0. The summed E-state index contributed by atoms with van der Waals surface area (Å²) in [5.41, 5.74) is 1.64. The lowest BCUT2D eigenvalue weighted by molar-refractivity contribution is -0.143. The zero-order valence-electron chi connectivity index (χ0n) is 24.4. The van der Waals surface area contributed by atoms with E-state index >= 15 is 0 Å². The number of nitrogens with one attached hydrogen (secondary N) is 2. The van der Waals surface area contributed by atoms with Crippen molar-refractivity contribution in [2.75, 3.05) is 25.0 Å². The van der Waals surface area contributed by atoms with Gasteiger partial charge in [0.2, 0.25) is 5.91 Å². The number of halogens is 1. The number of benzene rings is 4. The number of methoxy groups -OCH3 is 1. The van der Waals surface area contributed by atoms with E-state index in [0.29, 0.717) is 17.9 Å². The van der Waals surface area contributed by atoms with Gasteiger partial charge < -0.3 is 19.7 Å². The number of hydrogen-bond acceptors (Lipinski definition) is 6. The van der Waals surface area contributed by atoms with Crippen LogP contribution in [0.5, 0.6) is 11.5 Å². The number of ether oxygens (including phenoxy) is 2. The van der Waals surface area contributed by atoms with Crippen molar-refractivity contribution < 1.29 is 31.9 Å². The maximum Gasteiger partial charge on any atom is 0.261 e. The smallest absolute Gasteiger partial charge is 0.261 e. The molecule has 0 saturated heterocycles. The normalized spacial score (nSPS) is 11.7. The molecule has 0 radical (unpaired) electrons. The summed E-state index contributed by atoms with van der Waals surface area (Å²) in [7, 11) is -2.38. The molecule has 2 N–H and O–H groups in total. The highest BCUT2D eigenvalue weighted by molar-refractivity contribution is 7.92. The number of rotatable bonds is 14. The number of anilines is 1. The molecule has 0 fully saturated rings. The quantitative estimate of drug-likeness (QED) is 0.198. The fourth-order valence-corrected chi connectivity index (χ4v) is 5.44. The maximum absolute atomic E-state index is 13.8. The monoisotopic (exact) mass is 619 g/mol. The first-order valence-electron chi connectivity index (χ1n) is 14.0. The molecule has 0 bridgehead atoms. The Morgan fingerprint density at radius 1 is 0.864 bits per heavy atom. The first-order chi connectivity index (χ1) is 21.2. The van der Waals surface area contributed by atoms with Crippen LogP contribution in [0.4, 0.5) is 10.1 Å². The van der Waals surface area contributed by atoms with Gasteiger partial charge in [-0.25, -0.2) is 12.8 Å². The first-order valence-corrected chi connectivity index (χ1v) is 15.4. The molecule has 0 aliphatic carbocycles. The molecule has 4 aromatic carbocycles. The van der Waals surface area contributed by atoms with Crippen molar-refractivity contribution in [3.63, 3.8) is 0 Å². The van der Waals surface area contributed by atoms with Crippen LogP contribution in [0.3, 0.4) is 0 Å². The van der Waals surface area contributed by atoms with Gasteiger partial charge in [-0.05, 0) is 78.2 Å². The summed E-state index contributed by atoms with van der Waals surface area (Å²) < 4.78 is 52.1. The predicted molar refractivity (Wildman–Crippen MR) is 165 cm³/mol. The van der Waals surface area contributed by atoms with E-state index in [1.54, 1.807) is 31.4 Å². The summed E-state index contributed by atoms with van der Waals surface area (Å²) in [5, 5.41) is 2.91. The van der Waals surface area contributed by atoms with Gasteiger partial charge in [-0.15, -0.1) is 0 Å². The van der Waals surface area contributed by atoms with Gasteiger partial charge in [0, 0.05) is 18.8 Å². The van der Waals surface area contributed by atoms with Crippen LogP contribution in [-0.4, -0.2) is 45.4 Å². The second kappa shape index (κ2) is 15.0.